The van der Waals surface area contributed by atoms with Gasteiger partial charge in [-0.15, -0.1) is 0 Å². The quantitative estimate of drug-likeness (QED) is 0.884. The van der Waals surface area contributed by atoms with Gasteiger partial charge in [0.25, 0.3) is 0 Å². The Labute approximate surface area is 109 Å². The maximum absolute atomic E-state index is 9.07. The number of nitrogens with zero attached hydrogens (tertiary/aromatic N) is 2. The molecule has 0 bridgehead atoms. The lowest BCUT2D eigenvalue weighted by molar-refractivity contribution is 0.268. The first-order valence-corrected chi connectivity index (χ1v) is 6.82. The molecule has 1 saturated carbocycles. The smallest absolute Gasteiger partial charge is 0.144 e. The minimum absolute atomic E-state index is 0.643. The second-order valence-electron chi connectivity index (χ2n) is 5.36. The predicted octanol–water partition coefficient (Wildman–Crippen LogP) is 3.50. The zero-order valence-electron chi connectivity index (χ0n) is 11.2. The Bertz CT molecular complexity index is 448. The third kappa shape index (κ3) is 3.01. The van der Waals surface area contributed by atoms with Crippen LogP contribution < -0.4 is 5.32 Å². The first-order valence-electron chi connectivity index (χ1n) is 6.82. The second kappa shape index (κ2) is 5.86. The average Bonchev–Trinajstić information content (AvgIpc) is 2.38. The van der Waals surface area contributed by atoms with Crippen molar-refractivity contribution in [2.45, 2.75) is 39.5 Å². The van der Waals surface area contributed by atoms with E-state index in [0.29, 0.717) is 11.5 Å². The summed E-state index contributed by atoms with van der Waals surface area (Å²) in [6.45, 7) is 5.22. The first-order chi connectivity index (χ1) is 8.70. The fraction of sp³-hybridized carbons (Fsp3) is 0.600. The van der Waals surface area contributed by atoms with Gasteiger partial charge >= 0.3 is 0 Å². The van der Waals surface area contributed by atoms with Gasteiger partial charge in [-0.3, -0.25) is 0 Å². The van der Waals surface area contributed by atoms with Crippen molar-refractivity contribution in [2.24, 2.45) is 11.8 Å². The van der Waals surface area contributed by atoms with Crippen LogP contribution in [0.15, 0.2) is 12.1 Å². The van der Waals surface area contributed by atoms with Gasteiger partial charge in [-0.2, -0.15) is 5.26 Å². The van der Waals surface area contributed by atoms with E-state index in [1.54, 1.807) is 0 Å². The molecule has 3 nitrogen and oxygen atoms in total. The lowest BCUT2D eigenvalue weighted by Gasteiger charge is -2.29. The number of hydrogen-bond acceptors (Lipinski definition) is 3. The fourth-order valence-electron chi connectivity index (χ4n) is 2.71. The standard InChI is InChI=1S/C15H21N3/c1-11-5-3-4-6-14(11)10-17-15-13(9-16)8-7-12(2)18-15/h7-8,11,14H,3-6,10H2,1-2H3,(H,17,18). The Morgan fingerprint density at radius 3 is 2.89 bits per heavy atom. The highest BCUT2D eigenvalue weighted by Crippen LogP contribution is 2.29. The summed E-state index contributed by atoms with van der Waals surface area (Å²) in [6, 6.07) is 5.92. The number of nitriles is 1. The third-order valence-electron chi connectivity index (χ3n) is 3.98. The molecular formula is C15H21N3. The maximum Gasteiger partial charge on any atom is 0.144 e. The van der Waals surface area contributed by atoms with E-state index in [0.717, 1.165) is 24.0 Å². The van der Waals surface area contributed by atoms with Crippen LogP contribution in [-0.4, -0.2) is 11.5 Å². The first kappa shape index (κ1) is 12.9. The molecule has 0 amide bonds. The van der Waals surface area contributed by atoms with Crippen LogP contribution in [0.3, 0.4) is 0 Å². The van der Waals surface area contributed by atoms with Gasteiger partial charge in [0.1, 0.15) is 11.9 Å². The number of nitrogens with one attached hydrogen (secondary N) is 1. The molecule has 0 spiro atoms. The van der Waals surface area contributed by atoms with Crippen molar-refractivity contribution in [1.82, 2.24) is 4.98 Å². The molecule has 1 heterocycles. The number of anilines is 1. The lowest BCUT2D eigenvalue weighted by Crippen LogP contribution is -2.25. The molecule has 18 heavy (non-hydrogen) atoms. The van der Waals surface area contributed by atoms with E-state index >= 15 is 0 Å². The van der Waals surface area contributed by atoms with Crippen molar-refractivity contribution in [2.75, 3.05) is 11.9 Å². The Morgan fingerprint density at radius 1 is 1.39 bits per heavy atom. The average molecular weight is 243 g/mol. The van der Waals surface area contributed by atoms with Crippen molar-refractivity contribution < 1.29 is 0 Å². The summed E-state index contributed by atoms with van der Waals surface area (Å²) < 4.78 is 0. The molecule has 0 radical (unpaired) electrons. The number of aryl methyl sites for hydroxylation is 1. The summed E-state index contributed by atoms with van der Waals surface area (Å²) in [7, 11) is 0. The lowest BCUT2D eigenvalue weighted by atomic mass is 9.80. The van der Waals surface area contributed by atoms with Gasteiger partial charge in [0.05, 0.1) is 5.56 Å². The Hall–Kier alpha value is -1.56. The molecule has 0 aliphatic heterocycles. The van der Waals surface area contributed by atoms with Crippen LogP contribution in [0, 0.1) is 30.1 Å². The highest BCUT2D eigenvalue weighted by Gasteiger charge is 2.21. The summed E-state index contributed by atoms with van der Waals surface area (Å²) in [5.74, 6) is 2.24. The molecule has 2 unspecified atom stereocenters. The molecule has 3 heteroatoms. The Balaban J connectivity index is 2.01. The predicted molar refractivity (Wildman–Crippen MR) is 73.3 cm³/mol. The van der Waals surface area contributed by atoms with Gasteiger partial charge in [-0.25, -0.2) is 4.98 Å². The molecule has 2 atom stereocenters. The number of aromatic nitrogens is 1. The second-order valence-corrected chi connectivity index (χ2v) is 5.36. The van der Waals surface area contributed by atoms with Crippen LogP contribution in [0.1, 0.15) is 43.9 Å². The van der Waals surface area contributed by atoms with E-state index in [4.69, 9.17) is 5.26 Å². The van der Waals surface area contributed by atoms with Gasteiger partial charge in [0.2, 0.25) is 0 Å². The minimum Gasteiger partial charge on any atom is -0.369 e. The summed E-state index contributed by atoms with van der Waals surface area (Å²) in [5, 5.41) is 12.4. The third-order valence-corrected chi connectivity index (χ3v) is 3.98. The van der Waals surface area contributed by atoms with Crippen molar-refractivity contribution in [1.29, 1.82) is 5.26 Å². The molecule has 1 aliphatic carbocycles. The van der Waals surface area contributed by atoms with Gasteiger partial charge in [-0.1, -0.05) is 26.2 Å². The molecule has 1 aromatic heterocycles. The summed E-state index contributed by atoms with van der Waals surface area (Å²) in [4.78, 5) is 4.42. The zero-order valence-corrected chi connectivity index (χ0v) is 11.2. The highest BCUT2D eigenvalue weighted by molar-refractivity contribution is 5.52. The van der Waals surface area contributed by atoms with Crippen LogP contribution in [-0.2, 0) is 0 Å². The molecule has 2 rings (SSSR count). The van der Waals surface area contributed by atoms with Crippen molar-refractivity contribution in [3.8, 4) is 6.07 Å². The molecule has 0 saturated heterocycles. The van der Waals surface area contributed by atoms with E-state index in [1.807, 2.05) is 19.1 Å². The molecule has 1 aliphatic rings. The van der Waals surface area contributed by atoms with Crippen LogP contribution in [0.2, 0.25) is 0 Å². The molecule has 1 fully saturated rings. The summed E-state index contributed by atoms with van der Waals surface area (Å²) >= 11 is 0. The van der Waals surface area contributed by atoms with Crippen molar-refractivity contribution in [3.63, 3.8) is 0 Å². The summed E-state index contributed by atoms with van der Waals surface area (Å²) in [6.07, 6.45) is 5.33. The van der Waals surface area contributed by atoms with Crippen molar-refractivity contribution in [3.05, 3.63) is 23.4 Å². The Morgan fingerprint density at radius 2 is 2.17 bits per heavy atom. The topological polar surface area (TPSA) is 48.7 Å². The van der Waals surface area contributed by atoms with Crippen LogP contribution in [0.25, 0.3) is 0 Å². The summed E-state index contributed by atoms with van der Waals surface area (Å²) in [5.41, 5.74) is 1.59. The van der Waals surface area contributed by atoms with Gasteiger partial charge < -0.3 is 5.32 Å². The number of hydrogen-bond donors (Lipinski definition) is 1. The largest absolute Gasteiger partial charge is 0.369 e. The van der Waals surface area contributed by atoms with Crippen LogP contribution >= 0.6 is 0 Å². The van der Waals surface area contributed by atoms with E-state index in [2.05, 4.69) is 23.3 Å². The van der Waals surface area contributed by atoms with E-state index < -0.39 is 0 Å². The van der Waals surface area contributed by atoms with Gasteiger partial charge in [0.15, 0.2) is 0 Å². The number of rotatable bonds is 3. The van der Waals surface area contributed by atoms with Crippen LogP contribution in [0.5, 0.6) is 0 Å². The Kier molecular flexibility index (Phi) is 4.19. The molecule has 1 N–H and O–H groups in total. The van der Waals surface area contributed by atoms with E-state index in [-0.39, 0.29) is 0 Å². The number of pyridine rings is 1. The molecule has 96 valence electrons. The SMILES string of the molecule is Cc1ccc(C#N)c(NCC2CCCCC2C)n1. The molecular weight excluding hydrogens is 222 g/mol. The van der Waals surface area contributed by atoms with Crippen molar-refractivity contribution >= 4 is 5.82 Å². The normalized spacial score (nSPS) is 23.4. The highest BCUT2D eigenvalue weighted by atomic mass is 15.0. The van der Waals surface area contributed by atoms with Crippen LogP contribution in [0.4, 0.5) is 5.82 Å². The monoisotopic (exact) mass is 243 g/mol. The maximum atomic E-state index is 9.07. The molecule has 1 aromatic rings. The fourth-order valence-corrected chi connectivity index (χ4v) is 2.71. The van der Waals surface area contributed by atoms with Gasteiger partial charge in [-0.05, 0) is 37.3 Å². The van der Waals surface area contributed by atoms with E-state index in [9.17, 15) is 0 Å². The zero-order chi connectivity index (χ0) is 13.0. The minimum atomic E-state index is 0.643. The molecule has 0 aromatic carbocycles. The van der Waals surface area contributed by atoms with E-state index in [1.165, 1.54) is 25.7 Å². The van der Waals surface area contributed by atoms with Gasteiger partial charge in [0, 0.05) is 12.2 Å².